The van der Waals surface area contributed by atoms with Crippen LogP contribution in [0.25, 0.3) is 0 Å². The highest BCUT2D eigenvalue weighted by molar-refractivity contribution is 7.94. The van der Waals surface area contributed by atoms with E-state index in [1.165, 1.54) is 19.2 Å². The number of sulfone groups is 1. The van der Waals surface area contributed by atoms with Gasteiger partial charge in [0.2, 0.25) is 5.76 Å². The first-order valence-corrected chi connectivity index (χ1v) is 9.09. The van der Waals surface area contributed by atoms with Gasteiger partial charge in [0.1, 0.15) is 22.0 Å². The minimum absolute atomic E-state index is 0.163. The summed E-state index contributed by atoms with van der Waals surface area (Å²) < 4.78 is 40.0. The zero-order valence-electron chi connectivity index (χ0n) is 13.2. The normalized spacial score (nSPS) is 21.3. The Balaban J connectivity index is 2.52. The number of esters is 1. The van der Waals surface area contributed by atoms with E-state index in [2.05, 4.69) is 0 Å². The summed E-state index contributed by atoms with van der Waals surface area (Å²) in [6.45, 7) is 3.27. The van der Waals surface area contributed by atoms with Gasteiger partial charge in [-0.05, 0) is 25.5 Å². The van der Waals surface area contributed by atoms with Gasteiger partial charge < -0.3 is 14.2 Å². The molecule has 0 amide bonds. The maximum Gasteiger partial charge on any atom is 0.376 e. The van der Waals surface area contributed by atoms with Gasteiger partial charge in [0.15, 0.2) is 9.84 Å². The van der Waals surface area contributed by atoms with Crippen molar-refractivity contribution >= 4 is 27.4 Å². The monoisotopic (exact) mass is 360 g/mol. The van der Waals surface area contributed by atoms with Gasteiger partial charge in [-0.2, -0.15) is 0 Å². The van der Waals surface area contributed by atoms with Crippen molar-refractivity contribution in [3.8, 4) is 11.5 Å². The second-order valence-electron chi connectivity index (χ2n) is 5.30. The predicted molar refractivity (Wildman–Crippen MR) is 85.3 cm³/mol. The number of cyclic esters (lactones) is 1. The van der Waals surface area contributed by atoms with Crippen molar-refractivity contribution in [1.82, 2.24) is 0 Å². The lowest BCUT2D eigenvalue weighted by atomic mass is 10.0. The lowest BCUT2D eigenvalue weighted by molar-refractivity contribution is -0.147. The van der Waals surface area contributed by atoms with E-state index in [1.807, 2.05) is 0 Å². The first-order chi connectivity index (χ1) is 10.6. The summed E-state index contributed by atoms with van der Waals surface area (Å²) in [6.07, 6.45) is 1.32. The molecule has 1 aromatic carbocycles. The summed E-state index contributed by atoms with van der Waals surface area (Å²) in [6, 6.07) is 4.51. The molecule has 1 aliphatic rings. The topological polar surface area (TPSA) is 78.9 Å². The van der Waals surface area contributed by atoms with Crippen LogP contribution in [-0.2, 0) is 19.4 Å². The van der Waals surface area contributed by atoms with Gasteiger partial charge in [0.25, 0.3) is 0 Å². The van der Waals surface area contributed by atoms with E-state index in [0.29, 0.717) is 12.2 Å². The number of benzene rings is 1. The van der Waals surface area contributed by atoms with E-state index in [9.17, 15) is 13.2 Å². The van der Waals surface area contributed by atoms with Gasteiger partial charge in [0, 0.05) is 12.3 Å². The van der Waals surface area contributed by atoms with Crippen LogP contribution in [0.4, 0.5) is 0 Å². The fourth-order valence-corrected chi connectivity index (χ4v) is 4.02. The van der Waals surface area contributed by atoms with E-state index in [0.717, 1.165) is 6.26 Å². The van der Waals surface area contributed by atoms with E-state index in [-0.39, 0.29) is 21.4 Å². The lowest BCUT2D eigenvalue weighted by Gasteiger charge is -2.22. The largest absolute Gasteiger partial charge is 0.495 e. The van der Waals surface area contributed by atoms with Crippen LogP contribution in [0.5, 0.6) is 11.5 Å². The smallest absolute Gasteiger partial charge is 0.376 e. The van der Waals surface area contributed by atoms with E-state index < -0.39 is 21.4 Å². The average molecular weight is 361 g/mol. The van der Waals surface area contributed by atoms with Crippen LogP contribution < -0.4 is 9.47 Å². The molecule has 8 heteroatoms. The van der Waals surface area contributed by atoms with Crippen molar-refractivity contribution in [2.75, 3.05) is 13.4 Å². The highest BCUT2D eigenvalue weighted by Crippen LogP contribution is 2.40. The molecule has 0 spiro atoms. The van der Waals surface area contributed by atoms with Crippen LogP contribution >= 0.6 is 11.6 Å². The first-order valence-electron chi connectivity index (χ1n) is 6.82. The number of hydrogen-bond donors (Lipinski definition) is 0. The van der Waals surface area contributed by atoms with Crippen molar-refractivity contribution in [1.29, 1.82) is 0 Å². The quantitative estimate of drug-likeness (QED) is 0.751. The van der Waals surface area contributed by atoms with Crippen molar-refractivity contribution in [3.05, 3.63) is 33.9 Å². The molecule has 0 saturated heterocycles. The summed E-state index contributed by atoms with van der Waals surface area (Å²) in [4.78, 5) is 11.9. The third-order valence-corrected chi connectivity index (χ3v) is 5.23. The molecule has 1 heterocycles. The summed E-state index contributed by atoms with van der Waals surface area (Å²) in [5.74, 6) is -0.507. The maximum atomic E-state index is 12.1. The molecular formula is C15H17ClO6S. The van der Waals surface area contributed by atoms with Gasteiger partial charge in [-0.3, -0.25) is 0 Å². The van der Waals surface area contributed by atoms with Crippen LogP contribution in [-0.4, -0.2) is 33.4 Å². The van der Waals surface area contributed by atoms with Gasteiger partial charge >= 0.3 is 5.97 Å². The number of methoxy groups -OCH3 is 1. The van der Waals surface area contributed by atoms with Gasteiger partial charge in [-0.15, -0.1) is 0 Å². The van der Waals surface area contributed by atoms with E-state index in [4.69, 9.17) is 25.8 Å². The number of ether oxygens (including phenoxy) is 3. The van der Waals surface area contributed by atoms with Crippen molar-refractivity contribution in [2.24, 2.45) is 0 Å². The summed E-state index contributed by atoms with van der Waals surface area (Å²) in [5.41, 5.74) is -1.24. The molecule has 0 fully saturated rings. The zero-order chi connectivity index (χ0) is 17.4. The van der Waals surface area contributed by atoms with Crippen LogP contribution in [0, 0.1) is 0 Å². The van der Waals surface area contributed by atoms with Crippen molar-refractivity contribution in [3.63, 3.8) is 0 Å². The standard InChI is InChI=1S/C15H17ClO6S/c1-5-15(2)13(23(4,18)19)12(14(17)22-15)21-9-6-7-11(20-3)10(16)8-9/h6-8H,5H2,1-4H3/t15-/m1/s1. The summed E-state index contributed by atoms with van der Waals surface area (Å²) >= 11 is 6.01. The Bertz CT molecular complexity index is 783. The summed E-state index contributed by atoms with van der Waals surface area (Å²) in [5, 5.41) is 0.274. The molecule has 0 radical (unpaired) electrons. The molecule has 0 aliphatic carbocycles. The Labute approximate surface area is 139 Å². The van der Waals surface area contributed by atoms with Gasteiger partial charge in [-0.1, -0.05) is 18.5 Å². The van der Waals surface area contributed by atoms with Crippen molar-refractivity contribution in [2.45, 2.75) is 25.9 Å². The second-order valence-corrected chi connectivity index (χ2v) is 7.66. The Morgan fingerprint density at radius 3 is 2.48 bits per heavy atom. The first kappa shape index (κ1) is 17.6. The molecule has 2 rings (SSSR count). The molecule has 1 aliphatic heterocycles. The Morgan fingerprint density at radius 2 is 2.00 bits per heavy atom. The fourth-order valence-electron chi connectivity index (χ4n) is 2.34. The van der Waals surface area contributed by atoms with Crippen LogP contribution in [0.1, 0.15) is 20.3 Å². The number of hydrogen-bond acceptors (Lipinski definition) is 6. The SMILES string of the molecule is CC[C@@]1(C)OC(=O)C(Oc2ccc(OC)c(Cl)c2)=C1S(C)(=O)=O. The zero-order valence-corrected chi connectivity index (χ0v) is 14.7. The molecular weight excluding hydrogens is 344 g/mol. The molecule has 0 saturated carbocycles. The third-order valence-electron chi connectivity index (χ3n) is 3.58. The molecule has 0 aromatic heterocycles. The number of halogens is 1. The third kappa shape index (κ3) is 3.30. The summed E-state index contributed by atoms with van der Waals surface area (Å²) in [7, 11) is -2.23. The van der Waals surface area contributed by atoms with E-state index >= 15 is 0 Å². The highest BCUT2D eigenvalue weighted by Gasteiger charge is 2.49. The maximum absolute atomic E-state index is 12.1. The predicted octanol–water partition coefficient (Wildman–Crippen LogP) is 2.71. The minimum atomic E-state index is -3.70. The average Bonchev–Trinajstić information content (AvgIpc) is 2.70. The Kier molecular flexibility index (Phi) is 4.64. The molecule has 23 heavy (non-hydrogen) atoms. The molecule has 0 N–H and O–H groups in total. The Morgan fingerprint density at radius 1 is 1.35 bits per heavy atom. The molecule has 1 atom stereocenters. The fraction of sp³-hybridized carbons (Fsp3) is 0.400. The molecule has 6 nitrogen and oxygen atoms in total. The number of rotatable bonds is 5. The Hall–Kier alpha value is -1.73. The molecule has 1 aromatic rings. The van der Waals surface area contributed by atoms with Gasteiger partial charge in [-0.25, -0.2) is 13.2 Å². The molecule has 0 unspecified atom stereocenters. The van der Waals surface area contributed by atoms with Crippen LogP contribution in [0.15, 0.2) is 28.9 Å². The highest BCUT2D eigenvalue weighted by atomic mass is 35.5. The number of carbonyl (C=O) groups excluding carboxylic acids is 1. The molecule has 0 bridgehead atoms. The van der Waals surface area contributed by atoms with Crippen molar-refractivity contribution < 1.29 is 27.4 Å². The van der Waals surface area contributed by atoms with Crippen LogP contribution in [0.3, 0.4) is 0 Å². The van der Waals surface area contributed by atoms with Gasteiger partial charge in [0.05, 0.1) is 12.1 Å². The van der Waals surface area contributed by atoms with Crippen LogP contribution in [0.2, 0.25) is 5.02 Å². The lowest BCUT2D eigenvalue weighted by Crippen LogP contribution is -2.30. The minimum Gasteiger partial charge on any atom is -0.495 e. The van der Waals surface area contributed by atoms with E-state index in [1.54, 1.807) is 19.9 Å². The second kappa shape index (κ2) is 6.05. The molecule has 126 valence electrons. The number of carbonyl (C=O) groups is 1.